The van der Waals surface area contributed by atoms with Gasteiger partial charge in [-0.05, 0) is 38.7 Å². The van der Waals surface area contributed by atoms with Crippen LogP contribution >= 0.6 is 11.8 Å². The molecule has 3 heterocycles. The van der Waals surface area contributed by atoms with Crippen LogP contribution < -0.4 is 10.6 Å². The number of β-amino-alcohol motifs (C(OH)–C–C–N with tert-alkyl or cyclic N) is 1. The maximum atomic E-state index is 13.7. The van der Waals surface area contributed by atoms with Crippen molar-refractivity contribution < 1.29 is 19.5 Å². The summed E-state index contributed by atoms with van der Waals surface area (Å²) < 4.78 is -1.02. The summed E-state index contributed by atoms with van der Waals surface area (Å²) in [5, 5.41) is 15.8. The Hall–Kier alpha value is -2.06. The molecule has 0 aromatic heterocycles. The lowest BCUT2D eigenvalue weighted by atomic mass is 9.66. The number of nitrogens with zero attached hydrogens (tertiary/aromatic N) is 1. The summed E-state index contributed by atoms with van der Waals surface area (Å²) in [5.41, 5.74) is 1.00. The zero-order chi connectivity index (χ0) is 23.8. The van der Waals surface area contributed by atoms with Crippen LogP contribution in [0, 0.1) is 11.8 Å². The monoisotopic (exact) mass is 473 g/mol. The maximum Gasteiger partial charge on any atom is 0.244 e. The lowest BCUT2D eigenvalue weighted by Crippen LogP contribution is -2.55. The van der Waals surface area contributed by atoms with Gasteiger partial charge in [-0.15, -0.1) is 11.8 Å². The van der Waals surface area contributed by atoms with Gasteiger partial charge >= 0.3 is 0 Å². The fraction of sp³-hybridized carbons (Fsp3) is 0.640. The van der Waals surface area contributed by atoms with Crippen molar-refractivity contribution in [3.05, 3.63) is 35.9 Å². The standard InChI is InChI=1S/C25H35N3O4S/c1-4-8-16(2)27-22(31)20-25-12-11-24(3,33-25)18(19(25)23(32)28(20)13-14-29)21(30)26-15-17-9-6-5-7-10-17/h5-7,9-10,16,18-20,29H,4,8,11-15H2,1-3H3,(H,26,30)(H,27,31)/t16?,18-,19-,20?,24+,25?/m0/s1. The largest absolute Gasteiger partial charge is 0.395 e. The molecule has 3 unspecified atom stereocenters. The first-order valence-electron chi connectivity index (χ1n) is 12.0. The fourth-order valence-electron chi connectivity index (χ4n) is 6.20. The van der Waals surface area contributed by atoms with E-state index in [1.54, 1.807) is 11.8 Å². The van der Waals surface area contributed by atoms with Crippen LogP contribution in [-0.2, 0) is 20.9 Å². The Kier molecular flexibility index (Phi) is 6.78. The predicted octanol–water partition coefficient (Wildman–Crippen LogP) is 2.08. The van der Waals surface area contributed by atoms with Gasteiger partial charge in [0.2, 0.25) is 17.7 Å². The topological polar surface area (TPSA) is 98.7 Å². The van der Waals surface area contributed by atoms with Gasteiger partial charge in [0, 0.05) is 23.9 Å². The van der Waals surface area contributed by atoms with E-state index in [4.69, 9.17) is 0 Å². The first kappa shape index (κ1) is 24.1. The Labute approximate surface area is 200 Å². The molecule has 3 N–H and O–H groups in total. The number of hydrogen-bond donors (Lipinski definition) is 3. The Morgan fingerprint density at radius 2 is 1.97 bits per heavy atom. The molecule has 0 saturated carbocycles. The molecule has 2 bridgehead atoms. The Morgan fingerprint density at radius 1 is 1.24 bits per heavy atom. The molecule has 1 spiro atoms. The number of carbonyl (C=O) groups excluding carboxylic acids is 3. The van der Waals surface area contributed by atoms with Crippen molar-refractivity contribution >= 4 is 29.5 Å². The summed E-state index contributed by atoms with van der Waals surface area (Å²) in [6.45, 7) is 6.41. The second-order valence-corrected chi connectivity index (χ2v) is 11.8. The zero-order valence-corrected chi connectivity index (χ0v) is 20.5. The summed E-state index contributed by atoms with van der Waals surface area (Å²) in [7, 11) is 0. The van der Waals surface area contributed by atoms with Crippen LogP contribution in [0.2, 0.25) is 0 Å². The third-order valence-electron chi connectivity index (χ3n) is 7.57. The van der Waals surface area contributed by atoms with Crippen molar-refractivity contribution in [3.63, 3.8) is 0 Å². The molecule has 3 aliphatic heterocycles. The number of aliphatic hydroxyl groups is 1. The van der Waals surface area contributed by atoms with E-state index in [0.29, 0.717) is 6.54 Å². The van der Waals surface area contributed by atoms with Gasteiger partial charge in [-0.3, -0.25) is 14.4 Å². The molecule has 4 rings (SSSR count). The molecule has 180 valence electrons. The summed E-state index contributed by atoms with van der Waals surface area (Å²) in [6.07, 6.45) is 3.31. The summed E-state index contributed by atoms with van der Waals surface area (Å²) >= 11 is 1.65. The molecule has 8 heteroatoms. The molecule has 6 atom stereocenters. The third kappa shape index (κ3) is 4.05. The van der Waals surface area contributed by atoms with E-state index in [1.165, 1.54) is 4.90 Å². The minimum Gasteiger partial charge on any atom is -0.395 e. The van der Waals surface area contributed by atoms with Crippen LogP contribution in [0.5, 0.6) is 0 Å². The van der Waals surface area contributed by atoms with Gasteiger partial charge in [-0.25, -0.2) is 0 Å². The number of rotatable bonds is 9. The number of nitrogens with one attached hydrogen (secondary N) is 2. The highest BCUT2D eigenvalue weighted by molar-refractivity contribution is 8.02. The molecule has 0 radical (unpaired) electrons. The molecule has 3 amide bonds. The van der Waals surface area contributed by atoms with Crippen molar-refractivity contribution in [3.8, 4) is 0 Å². The molecule has 3 fully saturated rings. The van der Waals surface area contributed by atoms with Crippen LogP contribution in [0.1, 0.15) is 52.0 Å². The molecule has 3 saturated heterocycles. The van der Waals surface area contributed by atoms with Crippen molar-refractivity contribution in [1.29, 1.82) is 0 Å². The average Bonchev–Trinajstić information content (AvgIpc) is 3.34. The first-order chi connectivity index (χ1) is 15.8. The lowest BCUT2D eigenvalue weighted by molar-refractivity contribution is -0.141. The molecule has 1 aromatic rings. The molecule has 7 nitrogen and oxygen atoms in total. The van der Waals surface area contributed by atoms with E-state index >= 15 is 0 Å². The van der Waals surface area contributed by atoms with Crippen molar-refractivity contribution in [2.75, 3.05) is 13.2 Å². The molecule has 33 heavy (non-hydrogen) atoms. The van der Waals surface area contributed by atoms with Crippen molar-refractivity contribution in [2.45, 2.75) is 74.6 Å². The number of benzene rings is 1. The summed E-state index contributed by atoms with van der Waals surface area (Å²) in [6, 6.07) is 9.06. The number of thioether (sulfide) groups is 1. The average molecular weight is 474 g/mol. The van der Waals surface area contributed by atoms with Gasteiger partial charge < -0.3 is 20.6 Å². The zero-order valence-electron chi connectivity index (χ0n) is 19.7. The van der Waals surface area contributed by atoms with Gasteiger partial charge in [0.25, 0.3) is 0 Å². The molecule has 0 aliphatic carbocycles. The van der Waals surface area contributed by atoms with E-state index in [-0.39, 0.29) is 41.7 Å². The first-order valence-corrected chi connectivity index (χ1v) is 12.8. The highest BCUT2D eigenvalue weighted by atomic mass is 32.2. The maximum absolute atomic E-state index is 13.7. The van der Waals surface area contributed by atoms with Gasteiger partial charge in [0.1, 0.15) is 6.04 Å². The molecule has 3 aliphatic rings. The Morgan fingerprint density at radius 3 is 2.64 bits per heavy atom. The Balaban J connectivity index is 1.61. The minimum atomic E-state index is -0.666. The van der Waals surface area contributed by atoms with Crippen LogP contribution in [0.25, 0.3) is 0 Å². The number of aliphatic hydroxyl groups excluding tert-OH is 1. The van der Waals surface area contributed by atoms with E-state index < -0.39 is 22.6 Å². The lowest BCUT2D eigenvalue weighted by Gasteiger charge is -2.35. The minimum absolute atomic E-state index is 0.00758. The van der Waals surface area contributed by atoms with Crippen LogP contribution in [-0.4, -0.2) is 62.5 Å². The smallest absolute Gasteiger partial charge is 0.244 e. The van der Waals surface area contributed by atoms with E-state index in [1.807, 2.05) is 37.3 Å². The van der Waals surface area contributed by atoms with E-state index in [0.717, 1.165) is 31.2 Å². The predicted molar refractivity (Wildman–Crippen MR) is 128 cm³/mol. The molecular weight excluding hydrogens is 438 g/mol. The second kappa shape index (κ2) is 9.29. The molecule has 1 aromatic carbocycles. The number of fused-ring (bicyclic) bond motifs is 1. The Bertz CT molecular complexity index is 912. The van der Waals surface area contributed by atoms with Crippen molar-refractivity contribution in [2.24, 2.45) is 11.8 Å². The summed E-state index contributed by atoms with van der Waals surface area (Å²) in [5.74, 6) is -1.52. The number of likely N-dealkylation sites (tertiary alicyclic amines) is 1. The van der Waals surface area contributed by atoms with E-state index in [9.17, 15) is 19.5 Å². The van der Waals surface area contributed by atoms with Crippen LogP contribution in [0.3, 0.4) is 0 Å². The number of carbonyl (C=O) groups is 3. The van der Waals surface area contributed by atoms with Crippen molar-refractivity contribution in [1.82, 2.24) is 15.5 Å². The van der Waals surface area contributed by atoms with Gasteiger partial charge in [-0.1, -0.05) is 43.7 Å². The third-order valence-corrected chi connectivity index (χ3v) is 9.55. The SMILES string of the molecule is CCCC(C)NC(=O)C1N(CCO)C(=O)[C@@H]2[C@@H](C(=O)NCc3ccccc3)[C@@]3(C)CCC12S3. The quantitative estimate of drug-likeness (QED) is 0.510. The normalized spacial score (nSPS) is 33.2. The highest BCUT2D eigenvalue weighted by Gasteiger charge is 2.77. The van der Waals surface area contributed by atoms with Gasteiger partial charge in [-0.2, -0.15) is 0 Å². The summed E-state index contributed by atoms with van der Waals surface area (Å²) in [4.78, 5) is 42.1. The second-order valence-electron chi connectivity index (χ2n) is 9.88. The number of hydrogen-bond acceptors (Lipinski definition) is 5. The fourth-order valence-corrected chi connectivity index (χ4v) is 8.55. The highest BCUT2D eigenvalue weighted by Crippen LogP contribution is 2.71. The van der Waals surface area contributed by atoms with Gasteiger partial charge in [0.15, 0.2) is 0 Å². The molecular formula is C25H35N3O4S. The van der Waals surface area contributed by atoms with Crippen LogP contribution in [0.4, 0.5) is 0 Å². The van der Waals surface area contributed by atoms with E-state index in [2.05, 4.69) is 24.5 Å². The van der Waals surface area contributed by atoms with Gasteiger partial charge in [0.05, 0.1) is 23.2 Å². The van der Waals surface area contributed by atoms with Crippen LogP contribution in [0.15, 0.2) is 30.3 Å². The number of amides is 3.